The number of likely N-dealkylation sites (tertiary alicyclic amines) is 1. The zero-order valence-corrected chi connectivity index (χ0v) is 19.0. The number of hydrogen-bond acceptors (Lipinski definition) is 6. The summed E-state index contributed by atoms with van der Waals surface area (Å²) < 4.78 is 13.2. The van der Waals surface area contributed by atoms with Crippen LogP contribution >= 0.6 is 22.7 Å². The molecule has 0 spiro atoms. The van der Waals surface area contributed by atoms with Crippen LogP contribution in [0.5, 0.6) is 0 Å². The van der Waals surface area contributed by atoms with E-state index in [4.69, 9.17) is 0 Å². The summed E-state index contributed by atoms with van der Waals surface area (Å²) in [5.41, 5.74) is 2.43. The van der Waals surface area contributed by atoms with E-state index in [1.165, 1.54) is 41.2 Å². The lowest BCUT2D eigenvalue weighted by atomic mass is 9.99. The number of thiazole rings is 2. The second-order valence-corrected chi connectivity index (χ2v) is 9.96. The van der Waals surface area contributed by atoms with Crippen molar-refractivity contribution in [3.8, 4) is 10.6 Å². The maximum absolute atomic E-state index is 13.2. The smallest absolute Gasteiger partial charge is 0.269 e. The molecule has 4 rings (SSSR count). The van der Waals surface area contributed by atoms with Gasteiger partial charge in [0.05, 0.1) is 11.4 Å². The summed E-state index contributed by atoms with van der Waals surface area (Å²) >= 11 is 2.85. The maximum atomic E-state index is 13.2. The Bertz CT molecular complexity index is 1040. The summed E-state index contributed by atoms with van der Waals surface area (Å²) in [6.07, 6.45) is 2.48. The molecule has 1 fully saturated rings. The van der Waals surface area contributed by atoms with Gasteiger partial charge in [0.25, 0.3) is 5.91 Å². The van der Waals surface area contributed by atoms with Gasteiger partial charge in [-0.2, -0.15) is 0 Å². The highest BCUT2D eigenvalue weighted by atomic mass is 32.1. The third-order valence-corrected chi connectivity index (χ3v) is 7.71. The van der Waals surface area contributed by atoms with E-state index in [0.717, 1.165) is 36.8 Å². The number of hydrogen-bond donors (Lipinski definition) is 1. The SMILES string of the molecule is Cc1nc(NC(=O)c2sc(-c3ccc(F)cc3)nc2C)sc1CN1CCC(C)CC1. The van der Waals surface area contributed by atoms with Gasteiger partial charge in [-0.05, 0) is 70.0 Å². The van der Waals surface area contributed by atoms with Gasteiger partial charge in [-0.1, -0.05) is 6.92 Å². The lowest BCUT2D eigenvalue weighted by molar-refractivity contribution is 0.103. The van der Waals surface area contributed by atoms with Gasteiger partial charge in [0.1, 0.15) is 15.7 Å². The molecule has 3 aromatic rings. The highest BCUT2D eigenvalue weighted by Gasteiger charge is 2.21. The van der Waals surface area contributed by atoms with Crippen LogP contribution in [-0.4, -0.2) is 33.9 Å². The minimum absolute atomic E-state index is 0.203. The lowest BCUT2D eigenvalue weighted by Crippen LogP contribution is -2.32. The van der Waals surface area contributed by atoms with Gasteiger partial charge in [0, 0.05) is 17.0 Å². The highest BCUT2D eigenvalue weighted by Crippen LogP contribution is 2.30. The van der Waals surface area contributed by atoms with Crippen LogP contribution in [0.1, 0.15) is 45.7 Å². The van der Waals surface area contributed by atoms with Gasteiger partial charge < -0.3 is 0 Å². The van der Waals surface area contributed by atoms with Crippen molar-refractivity contribution >= 4 is 33.7 Å². The fourth-order valence-corrected chi connectivity index (χ4v) is 5.50. The van der Waals surface area contributed by atoms with E-state index in [1.807, 2.05) is 13.8 Å². The summed E-state index contributed by atoms with van der Waals surface area (Å²) in [6, 6.07) is 6.14. The van der Waals surface area contributed by atoms with E-state index in [0.29, 0.717) is 20.7 Å². The van der Waals surface area contributed by atoms with Crippen LogP contribution in [0, 0.1) is 25.6 Å². The summed E-state index contributed by atoms with van der Waals surface area (Å²) in [4.78, 5) is 26.1. The zero-order valence-electron chi connectivity index (χ0n) is 17.4. The predicted molar refractivity (Wildman–Crippen MR) is 121 cm³/mol. The van der Waals surface area contributed by atoms with Crippen LogP contribution in [0.2, 0.25) is 0 Å². The van der Waals surface area contributed by atoms with Gasteiger partial charge >= 0.3 is 0 Å². The van der Waals surface area contributed by atoms with Gasteiger partial charge in [-0.25, -0.2) is 14.4 Å². The van der Waals surface area contributed by atoms with Crippen molar-refractivity contribution in [2.45, 2.75) is 40.2 Å². The Morgan fingerprint density at radius 1 is 1.13 bits per heavy atom. The molecular weight excluding hydrogens is 419 g/mol. The van der Waals surface area contributed by atoms with Crippen molar-refractivity contribution < 1.29 is 9.18 Å². The molecule has 1 N–H and O–H groups in total. The largest absolute Gasteiger partial charge is 0.298 e. The van der Waals surface area contributed by atoms with Crippen molar-refractivity contribution in [1.82, 2.24) is 14.9 Å². The molecule has 1 amide bonds. The van der Waals surface area contributed by atoms with E-state index in [-0.39, 0.29) is 11.7 Å². The predicted octanol–water partition coefficient (Wildman–Crippen LogP) is 5.51. The van der Waals surface area contributed by atoms with Gasteiger partial charge in [0.15, 0.2) is 5.13 Å². The molecule has 0 radical (unpaired) electrons. The molecule has 0 atom stereocenters. The number of amides is 1. The first-order chi connectivity index (χ1) is 14.4. The number of piperidine rings is 1. The topological polar surface area (TPSA) is 58.1 Å². The average Bonchev–Trinajstić information content (AvgIpc) is 3.26. The van der Waals surface area contributed by atoms with Crippen LogP contribution in [-0.2, 0) is 6.54 Å². The maximum Gasteiger partial charge on any atom is 0.269 e. The number of rotatable bonds is 5. The number of carbonyl (C=O) groups is 1. The molecule has 2 aromatic heterocycles. The molecule has 0 unspecified atom stereocenters. The molecule has 1 aliphatic rings. The Morgan fingerprint density at radius 3 is 2.53 bits per heavy atom. The Balaban J connectivity index is 1.45. The molecule has 3 heterocycles. The highest BCUT2D eigenvalue weighted by molar-refractivity contribution is 7.18. The number of aryl methyl sites for hydroxylation is 2. The zero-order chi connectivity index (χ0) is 21.3. The van der Waals surface area contributed by atoms with Crippen molar-refractivity contribution in [3.63, 3.8) is 0 Å². The number of carbonyl (C=O) groups excluding carboxylic acids is 1. The first-order valence-electron chi connectivity index (χ1n) is 10.1. The van der Waals surface area contributed by atoms with Crippen LogP contribution in [0.15, 0.2) is 24.3 Å². The van der Waals surface area contributed by atoms with Crippen molar-refractivity contribution in [2.75, 3.05) is 18.4 Å². The quantitative estimate of drug-likeness (QED) is 0.564. The first-order valence-corrected chi connectivity index (χ1v) is 11.8. The molecule has 1 aromatic carbocycles. The molecule has 0 aliphatic carbocycles. The van der Waals surface area contributed by atoms with Crippen LogP contribution in [0.3, 0.4) is 0 Å². The number of halogens is 1. The first kappa shape index (κ1) is 21.1. The minimum atomic E-state index is -0.293. The molecule has 1 aliphatic heterocycles. The van der Waals surface area contributed by atoms with E-state index in [9.17, 15) is 9.18 Å². The molecule has 8 heteroatoms. The summed E-state index contributed by atoms with van der Waals surface area (Å²) in [5.74, 6) is 0.311. The van der Waals surface area contributed by atoms with Gasteiger partial charge in [0.2, 0.25) is 0 Å². The standard InChI is InChI=1S/C22H25FN4OS2/c1-13-8-10-27(11-9-13)12-18-14(2)25-22(29-18)26-20(28)19-15(3)24-21(30-19)16-4-6-17(23)7-5-16/h4-7,13H,8-12H2,1-3H3,(H,25,26,28). The van der Waals surface area contributed by atoms with E-state index >= 15 is 0 Å². The van der Waals surface area contributed by atoms with E-state index < -0.39 is 0 Å². The Hall–Kier alpha value is -2.16. The number of nitrogens with zero attached hydrogens (tertiary/aromatic N) is 3. The monoisotopic (exact) mass is 444 g/mol. The van der Waals surface area contributed by atoms with Gasteiger partial charge in [-0.3, -0.25) is 15.0 Å². The molecule has 0 saturated carbocycles. The molecule has 0 bridgehead atoms. The average molecular weight is 445 g/mol. The summed E-state index contributed by atoms with van der Waals surface area (Å²) in [5, 5.41) is 4.26. The van der Waals surface area contributed by atoms with E-state index in [2.05, 4.69) is 27.1 Å². The van der Waals surface area contributed by atoms with Crippen molar-refractivity contribution in [1.29, 1.82) is 0 Å². The lowest BCUT2D eigenvalue weighted by Gasteiger charge is -2.29. The number of nitrogens with one attached hydrogen (secondary N) is 1. The number of benzene rings is 1. The Labute approximate surface area is 184 Å². The third-order valence-electron chi connectivity index (χ3n) is 5.45. The van der Waals surface area contributed by atoms with Crippen LogP contribution in [0.4, 0.5) is 9.52 Å². The normalized spacial score (nSPS) is 15.5. The fraction of sp³-hybridized carbons (Fsp3) is 0.409. The second kappa shape index (κ2) is 8.91. The van der Waals surface area contributed by atoms with Crippen LogP contribution < -0.4 is 5.32 Å². The van der Waals surface area contributed by atoms with Crippen molar-refractivity contribution in [2.24, 2.45) is 5.92 Å². The molecule has 5 nitrogen and oxygen atoms in total. The number of anilines is 1. The van der Waals surface area contributed by atoms with E-state index in [1.54, 1.807) is 23.5 Å². The minimum Gasteiger partial charge on any atom is -0.298 e. The molecule has 158 valence electrons. The molecular formula is C22H25FN4OS2. The summed E-state index contributed by atoms with van der Waals surface area (Å²) in [7, 11) is 0. The fourth-order valence-electron chi connectivity index (χ4n) is 3.53. The number of aromatic nitrogens is 2. The van der Waals surface area contributed by atoms with Gasteiger partial charge in [-0.15, -0.1) is 22.7 Å². The molecule has 30 heavy (non-hydrogen) atoms. The van der Waals surface area contributed by atoms with Crippen LogP contribution in [0.25, 0.3) is 10.6 Å². The summed E-state index contributed by atoms with van der Waals surface area (Å²) in [6.45, 7) is 9.25. The third kappa shape index (κ3) is 4.77. The molecule has 1 saturated heterocycles. The Morgan fingerprint density at radius 2 is 1.83 bits per heavy atom. The second-order valence-electron chi connectivity index (χ2n) is 7.88. The van der Waals surface area contributed by atoms with Crippen molar-refractivity contribution in [3.05, 3.63) is 51.2 Å². The Kier molecular flexibility index (Phi) is 6.26.